The van der Waals surface area contributed by atoms with Gasteiger partial charge in [-0.25, -0.2) is 0 Å². The lowest BCUT2D eigenvalue weighted by molar-refractivity contribution is -0.00429. The van der Waals surface area contributed by atoms with E-state index in [4.69, 9.17) is 9.47 Å². The van der Waals surface area contributed by atoms with Crippen molar-refractivity contribution in [2.24, 2.45) is 0 Å². The van der Waals surface area contributed by atoms with Crippen molar-refractivity contribution < 1.29 is 14.3 Å². The number of ether oxygens (including phenoxy) is 2. The van der Waals surface area contributed by atoms with Crippen LogP contribution in [0.3, 0.4) is 0 Å². The van der Waals surface area contributed by atoms with E-state index in [2.05, 4.69) is 21.9 Å². The number of rotatable bonds is 5. The molecule has 1 aromatic carbocycles. The molecule has 2 heterocycles. The molecule has 0 aliphatic carbocycles. The van der Waals surface area contributed by atoms with Gasteiger partial charge in [0, 0.05) is 38.3 Å². The lowest BCUT2D eigenvalue weighted by Gasteiger charge is -2.39. The number of nitrogens with zero attached hydrogens (tertiary/aromatic N) is 2. The summed E-state index contributed by atoms with van der Waals surface area (Å²) in [6.07, 6.45) is 0. The van der Waals surface area contributed by atoms with Crippen molar-refractivity contribution in [1.82, 2.24) is 9.80 Å². The molecule has 0 unspecified atom stereocenters. The first-order chi connectivity index (χ1) is 11.6. The van der Waals surface area contributed by atoms with E-state index in [0.29, 0.717) is 13.2 Å². The summed E-state index contributed by atoms with van der Waals surface area (Å²) in [5.41, 5.74) is 1.55. The minimum absolute atomic E-state index is 0.183. The molecule has 2 aliphatic rings. The van der Waals surface area contributed by atoms with Crippen LogP contribution in [-0.4, -0.2) is 73.7 Å². The molecule has 0 bridgehead atoms. The van der Waals surface area contributed by atoms with Crippen LogP contribution in [0.15, 0.2) is 24.3 Å². The zero-order valence-corrected chi connectivity index (χ0v) is 14.8. The van der Waals surface area contributed by atoms with Crippen LogP contribution in [0.25, 0.3) is 0 Å². The number of hydrogen-bond donors (Lipinski definition) is 0. The largest absolute Gasteiger partial charge is 0.379 e. The average Bonchev–Trinajstić information content (AvgIpc) is 2.63. The van der Waals surface area contributed by atoms with Gasteiger partial charge in [-0.15, -0.1) is 0 Å². The van der Waals surface area contributed by atoms with Gasteiger partial charge in [0.25, 0.3) is 0 Å². The van der Waals surface area contributed by atoms with Gasteiger partial charge in [0.1, 0.15) is 0 Å². The van der Waals surface area contributed by atoms with E-state index < -0.39 is 5.54 Å². The van der Waals surface area contributed by atoms with Crippen molar-refractivity contribution in [3.63, 3.8) is 0 Å². The second-order valence-electron chi connectivity index (χ2n) is 7.07. The molecule has 0 saturated carbocycles. The van der Waals surface area contributed by atoms with E-state index in [0.717, 1.165) is 51.5 Å². The van der Waals surface area contributed by atoms with Crippen molar-refractivity contribution in [1.29, 1.82) is 0 Å². The van der Waals surface area contributed by atoms with E-state index in [1.54, 1.807) is 0 Å². The topological polar surface area (TPSA) is 42.0 Å². The Morgan fingerprint density at radius 3 is 2.08 bits per heavy atom. The predicted molar refractivity (Wildman–Crippen MR) is 93.3 cm³/mol. The molecule has 2 aliphatic heterocycles. The zero-order chi connectivity index (χ0) is 17.0. The quantitative estimate of drug-likeness (QED) is 0.770. The Labute approximate surface area is 144 Å². The Bertz CT molecular complexity index is 544. The number of ketones is 1. The van der Waals surface area contributed by atoms with Crippen LogP contribution in [0.2, 0.25) is 0 Å². The summed E-state index contributed by atoms with van der Waals surface area (Å²) in [5, 5.41) is 0. The molecule has 0 radical (unpaired) electrons. The number of Topliss-reactive ketones (excluding diaryl/α,β-unsaturated/α-hetero) is 1. The lowest BCUT2D eigenvalue weighted by Crippen LogP contribution is -2.54. The van der Waals surface area contributed by atoms with Crippen LogP contribution >= 0.6 is 0 Å². The van der Waals surface area contributed by atoms with Crippen LogP contribution in [0.4, 0.5) is 0 Å². The first kappa shape index (κ1) is 17.5. The van der Waals surface area contributed by atoms with Gasteiger partial charge >= 0.3 is 0 Å². The third kappa shape index (κ3) is 4.03. The smallest absolute Gasteiger partial charge is 0.182 e. The highest BCUT2D eigenvalue weighted by Crippen LogP contribution is 2.22. The molecule has 1 aromatic rings. The number of hydrogen-bond acceptors (Lipinski definition) is 5. The highest BCUT2D eigenvalue weighted by atomic mass is 16.5. The number of morpholine rings is 2. The molecule has 5 nitrogen and oxygen atoms in total. The Kier molecular flexibility index (Phi) is 5.66. The second-order valence-corrected chi connectivity index (χ2v) is 7.07. The van der Waals surface area contributed by atoms with Gasteiger partial charge in [-0.05, 0) is 19.4 Å². The van der Waals surface area contributed by atoms with Crippen LogP contribution in [0.5, 0.6) is 0 Å². The molecular weight excluding hydrogens is 304 g/mol. The molecule has 0 amide bonds. The summed E-state index contributed by atoms with van der Waals surface area (Å²) < 4.78 is 10.8. The molecule has 0 N–H and O–H groups in total. The summed E-state index contributed by atoms with van der Waals surface area (Å²) in [6.45, 7) is 11.6. The fourth-order valence-electron chi connectivity index (χ4n) is 3.40. The Morgan fingerprint density at radius 1 is 0.958 bits per heavy atom. The normalized spacial score (nSPS) is 20.9. The maximum absolute atomic E-state index is 13.0. The van der Waals surface area contributed by atoms with Gasteiger partial charge < -0.3 is 9.47 Å². The predicted octanol–water partition coefficient (Wildman–Crippen LogP) is 1.81. The van der Waals surface area contributed by atoms with Crippen LogP contribution in [0, 0.1) is 0 Å². The van der Waals surface area contributed by atoms with Crippen molar-refractivity contribution in [2.75, 3.05) is 52.6 Å². The molecule has 2 saturated heterocycles. The highest BCUT2D eigenvalue weighted by Gasteiger charge is 2.35. The molecular formula is C19H28N2O3. The summed E-state index contributed by atoms with van der Waals surface area (Å²) >= 11 is 0. The average molecular weight is 332 g/mol. The van der Waals surface area contributed by atoms with Crippen molar-refractivity contribution >= 4 is 5.78 Å². The fourth-order valence-corrected chi connectivity index (χ4v) is 3.40. The van der Waals surface area contributed by atoms with Crippen LogP contribution in [0.1, 0.15) is 29.8 Å². The molecule has 0 spiro atoms. The Morgan fingerprint density at radius 2 is 1.50 bits per heavy atom. The molecule has 2 fully saturated rings. The Hall–Kier alpha value is -1.27. The summed E-state index contributed by atoms with van der Waals surface area (Å²) in [7, 11) is 0. The molecule has 0 atom stereocenters. The van der Waals surface area contributed by atoms with Crippen molar-refractivity contribution in [3.05, 3.63) is 35.4 Å². The molecule has 0 aromatic heterocycles. The Balaban J connectivity index is 1.64. The van der Waals surface area contributed by atoms with Crippen molar-refractivity contribution in [3.8, 4) is 0 Å². The standard InChI is InChI=1S/C19H28N2O3/c1-19(2,21-9-13-24-14-10-21)18(22)17-5-3-16(4-6-17)15-20-7-11-23-12-8-20/h3-6H,7-15H2,1-2H3. The molecule has 5 heteroatoms. The minimum Gasteiger partial charge on any atom is -0.379 e. The van der Waals surface area contributed by atoms with Crippen LogP contribution in [-0.2, 0) is 16.0 Å². The number of benzene rings is 1. The zero-order valence-electron chi connectivity index (χ0n) is 14.8. The van der Waals surface area contributed by atoms with E-state index in [9.17, 15) is 4.79 Å². The van der Waals surface area contributed by atoms with Crippen LogP contribution < -0.4 is 0 Å². The lowest BCUT2D eigenvalue weighted by atomic mass is 9.90. The van der Waals surface area contributed by atoms with E-state index >= 15 is 0 Å². The SMILES string of the molecule is CC(C)(C(=O)c1ccc(CN2CCOCC2)cc1)N1CCOCC1. The fraction of sp³-hybridized carbons (Fsp3) is 0.632. The number of carbonyl (C=O) groups excluding carboxylic acids is 1. The van der Waals surface area contributed by atoms with Gasteiger partial charge in [0.05, 0.1) is 32.0 Å². The minimum atomic E-state index is -0.491. The highest BCUT2D eigenvalue weighted by molar-refractivity contribution is 6.02. The summed E-state index contributed by atoms with van der Waals surface area (Å²) in [6, 6.07) is 8.11. The maximum atomic E-state index is 13.0. The van der Waals surface area contributed by atoms with Gasteiger partial charge in [-0.2, -0.15) is 0 Å². The van der Waals surface area contributed by atoms with E-state index in [-0.39, 0.29) is 5.78 Å². The maximum Gasteiger partial charge on any atom is 0.182 e. The first-order valence-electron chi connectivity index (χ1n) is 8.84. The molecule has 3 rings (SSSR count). The summed E-state index contributed by atoms with van der Waals surface area (Å²) in [4.78, 5) is 17.6. The summed E-state index contributed by atoms with van der Waals surface area (Å²) in [5.74, 6) is 0.183. The third-order valence-corrected chi connectivity index (χ3v) is 5.08. The monoisotopic (exact) mass is 332 g/mol. The number of carbonyl (C=O) groups is 1. The first-order valence-corrected chi connectivity index (χ1v) is 8.84. The molecule has 24 heavy (non-hydrogen) atoms. The molecule has 132 valence electrons. The van der Waals surface area contributed by atoms with Gasteiger partial charge in [-0.3, -0.25) is 14.6 Å². The third-order valence-electron chi connectivity index (χ3n) is 5.08. The van der Waals surface area contributed by atoms with Crippen molar-refractivity contribution in [2.45, 2.75) is 25.9 Å². The van der Waals surface area contributed by atoms with E-state index in [1.165, 1.54) is 5.56 Å². The van der Waals surface area contributed by atoms with Gasteiger partial charge in [0.15, 0.2) is 5.78 Å². The van der Waals surface area contributed by atoms with Gasteiger partial charge in [-0.1, -0.05) is 24.3 Å². The van der Waals surface area contributed by atoms with Gasteiger partial charge in [0.2, 0.25) is 0 Å². The second kappa shape index (κ2) is 7.74. The van der Waals surface area contributed by atoms with E-state index in [1.807, 2.05) is 26.0 Å².